The highest BCUT2D eigenvalue weighted by Gasteiger charge is 2.26. The predicted octanol–water partition coefficient (Wildman–Crippen LogP) is 3.61. The Labute approximate surface area is 169 Å². The van der Waals surface area contributed by atoms with E-state index in [1.165, 1.54) is 25.1 Å². The van der Waals surface area contributed by atoms with Gasteiger partial charge in [-0.2, -0.15) is 0 Å². The summed E-state index contributed by atoms with van der Waals surface area (Å²) in [5, 5.41) is -0.818. The molecule has 0 aromatic heterocycles. The van der Waals surface area contributed by atoms with Crippen LogP contribution >= 0.6 is 11.6 Å². The SMILES string of the molecule is CCS(=O)(=O)CS(=O)(=O)Nc1c(C)c(Cl)cc(C(C)N)c1-c1cccc(F)c1. The summed E-state index contributed by atoms with van der Waals surface area (Å²) in [7, 11) is -8.06. The maximum atomic E-state index is 13.8. The van der Waals surface area contributed by atoms with E-state index in [9.17, 15) is 21.2 Å². The van der Waals surface area contributed by atoms with Crippen LogP contribution in [-0.2, 0) is 19.9 Å². The van der Waals surface area contributed by atoms with Crippen LogP contribution in [0.15, 0.2) is 30.3 Å². The van der Waals surface area contributed by atoms with E-state index in [2.05, 4.69) is 4.72 Å². The monoisotopic (exact) mass is 448 g/mol. The Morgan fingerprint density at radius 2 is 1.86 bits per heavy atom. The molecule has 0 fully saturated rings. The van der Waals surface area contributed by atoms with Crippen molar-refractivity contribution in [2.45, 2.75) is 26.8 Å². The van der Waals surface area contributed by atoms with Gasteiger partial charge in [0.25, 0.3) is 0 Å². The van der Waals surface area contributed by atoms with E-state index < -0.39 is 36.8 Å². The highest BCUT2D eigenvalue weighted by molar-refractivity contribution is 8.08. The molecule has 0 aliphatic rings. The first kappa shape index (κ1) is 22.6. The average Bonchev–Trinajstić information content (AvgIpc) is 2.57. The minimum atomic E-state index is -4.26. The van der Waals surface area contributed by atoms with Gasteiger partial charge in [-0.25, -0.2) is 21.2 Å². The Morgan fingerprint density at radius 3 is 2.39 bits per heavy atom. The van der Waals surface area contributed by atoms with Gasteiger partial charge < -0.3 is 5.73 Å². The molecule has 0 aliphatic carbocycles. The molecule has 0 saturated heterocycles. The number of benzene rings is 2. The van der Waals surface area contributed by atoms with E-state index in [0.717, 1.165) is 0 Å². The van der Waals surface area contributed by atoms with Gasteiger partial charge in [0.1, 0.15) is 5.82 Å². The first-order valence-corrected chi connectivity index (χ1v) is 12.3. The number of nitrogens with one attached hydrogen (secondary N) is 1. The van der Waals surface area contributed by atoms with Gasteiger partial charge in [-0.3, -0.25) is 4.72 Å². The van der Waals surface area contributed by atoms with Crippen molar-refractivity contribution in [2.24, 2.45) is 5.73 Å². The molecule has 0 amide bonds. The Morgan fingerprint density at radius 1 is 1.21 bits per heavy atom. The van der Waals surface area contributed by atoms with Crippen LogP contribution in [0.1, 0.15) is 31.0 Å². The molecule has 1 atom stereocenters. The van der Waals surface area contributed by atoms with E-state index in [0.29, 0.717) is 22.3 Å². The lowest BCUT2D eigenvalue weighted by Crippen LogP contribution is -2.25. The van der Waals surface area contributed by atoms with Crippen LogP contribution in [0.4, 0.5) is 10.1 Å². The Bertz CT molecular complexity index is 1100. The number of halogens is 2. The first-order valence-electron chi connectivity index (χ1n) is 8.42. The molecule has 0 spiro atoms. The highest BCUT2D eigenvalue weighted by atomic mass is 35.5. The van der Waals surface area contributed by atoms with E-state index in [-0.39, 0.29) is 16.5 Å². The van der Waals surface area contributed by atoms with Crippen molar-refractivity contribution >= 4 is 37.1 Å². The zero-order valence-electron chi connectivity index (χ0n) is 15.7. The van der Waals surface area contributed by atoms with Gasteiger partial charge in [0, 0.05) is 22.4 Å². The van der Waals surface area contributed by atoms with Crippen molar-refractivity contribution in [1.29, 1.82) is 0 Å². The zero-order chi connectivity index (χ0) is 21.3. The van der Waals surface area contributed by atoms with Gasteiger partial charge in [0.2, 0.25) is 10.0 Å². The lowest BCUT2D eigenvalue weighted by atomic mass is 9.92. The number of nitrogens with two attached hydrogens (primary N) is 1. The lowest BCUT2D eigenvalue weighted by Gasteiger charge is -2.22. The lowest BCUT2D eigenvalue weighted by molar-refractivity contribution is 0.592. The summed E-state index contributed by atoms with van der Waals surface area (Å²) in [6.45, 7) is 4.63. The second-order valence-electron chi connectivity index (χ2n) is 6.49. The van der Waals surface area contributed by atoms with Crippen LogP contribution in [0.25, 0.3) is 11.1 Å². The fourth-order valence-electron chi connectivity index (χ4n) is 2.71. The van der Waals surface area contributed by atoms with E-state index in [1.807, 2.05) is 0 Å². The Hall–Kier alpha value is -1.68. The van der Waals surface area contributed by atoms with Crippen molar-refractivity contribution in [2.75, 3.05) is 15.6 Å². The van der Waals surface area contributed by atoms with Crippen molar-refractivity contribution in [3.63, 3.8) is 0 Å². The summed E-state index contributed by atoms with van der Waals surface area (Å²) in [6, 6.07) is 6.66. The molecule has 10 heteroatoms. The molecule has 2 aromatic carbocycles. The van der Waals surface area contributed by atoms with Gasteiger partial charge in [-0.15, -0.1) is 0 Å². The van der Waals surface area contributed by atoms with Gasteiger partial charge in [0.15, 0.2) is 14.9 Å². The molecule has 0 saturated carbocycles. The van der Waals surface area contributed by atoms with Gasteiger partial charge in [-0.1, -0.05) is 30.7 Å². The number of sulfonamides is 1. The number of hydrogen-bond acceptors (Lipinski definition) is 5. The molecule has 28 heavy (non-hydrogen) atoms. The third-order valence-corrected chi connectivity index (χ3v) is 8.66. The predicted molar refractivity (Wildman–Crippen MR) is 111 cm³/mol. The molecular formula is C18H22ClFN2O4S2. The summed E-state index contributed by atoms with van der Waals surface area (Å²) < 4.78 is 64.9. The van der Waals surface area contributed by atoms with Crippen LogP contribution < -0.4 is 10.5 Å². The second kappa shape index (κ2) is 8.36. The number of rotatable bonds is 7. The average molecular weight is 449 g/mol. The second-order valence-corrected chi connectivity index (χ2v) is 11.3. The Balaban J connectivity index is 2.75. The number of hydrogen-bond donors (Lipinski definition) is 2. The van der Waals surface area contributed by atoms with Crippen LogP contribution in [-0.4, -0.2) is 27.7 Å². The molecule has 0 radical (unpaired) electrons. The molecule has 6 nitrogen and oxygen atoms in total. The van der Waals surface area contributed by atoms with Crippen molar-refractivity contribution in [3.05, 3.63) is 52.3 Å². The van der Waals surface area contributed by atoms with Crippen molar-refractivity contribution < 1.29 is 21.2 Å². The van der Waals surface area contributed by atoms with E-state index in [1.54, 1.807) is 26.0 Å². The van der Waals surface area contributed by atoms with E-state index >= 15 is 0 Å². The maximum absolute atomic E-state index is 13.8. The van der Waals surface area contributed by atoms with Crippen LogP contribution in [0, 0.1) is 12.7 Å². The molecular weight excluding hydrogens is 427 g/mol. The molecule has 2 aromatic rings. The fourth-order valence-corrected chi connectivity index (χ4v) is 6.29. The third-order valence-electron chi connectivity index (χ3n) is 4.19. The summed E-state index contributed by atoms with van der Waals surface area (Å²) in [5.74, 6) is -0.826. The molecule has 1 unspecified atom stereocenters. The maximum Gasteiger partial charge on any atom is 0.247 e. The molecule has 3 N–H and O–H groups in total. The van der Waals surface area contributed by atoms with Crippen molar-refractivity contribution in [1.82, 2.24) is 0 Å². The van der Waals surface area contributed by atoms with Crippen LogP contribution in [0.3, 0.4) is 0 Å². The summed E-state index contributed by atoms with van der Waals surface area (Å²) in [6.07, 6.45) is 0. The minimum Gasteiger partial charge on any atom is -0.324 e. The third kappa shape index (κ3) is 5.22. The zero-order valence-corrected chi connectivity index (χ0v) is 18.1. The van der Waals surface area contributed by atoms with Crippen LogP contribution in [0.5, 0.6) is 0 Å². The standard InChI is InChI=1S/C18H22ClFN2O4S2/c1-4-27(23,24)10-28(25,26)22-18-11(2)16(19)9-15(12(3)21)17(18)13-6-5-7-14(20)8-13/h5-9,12,22H,4,10,21H2,1-3H3. The number of anilines is 1. The molecule has 0 heterocycles. The first-order chi connectivity index (χ1) is 12.9. The smallest absolute Gasteiger partial charge is 0.247 e. The highest BCUT2D eigenvalue weighted by Crippen LogP contribution is 2.41. The van der Waals surface area contributed by atoms with Crippen LogP contribution in [0.2, 0.25) is 5.02 Å². The molecule has 0 aliphatic heterocycles. The van der Waals surface area contributed by atoms with Gasteiger partial charge in [-0.05, 0) is 48.7 Å². The quantitative estimate of drug-likeness (QED) is 0.672. The summed E-state index contributed by atoms with van der Waals surface area (Å²) in [5.41, 5.74) is 7.74. The Kier molecular flexibility index (Phi) is 6.75. The van der Waals surface area contributed by atoms with Gasteiger partial charge in [0.05, 0.1) is 5.69 Å². The minimum absolute atomic E-state index is 0.0803. The summed E-state index contributed by atoms with van der Waals surface area (Å²) >= 11 is 6.26. The molecule has 154 valence electrons. The van der Waals surface area contributed by atoms with Crippen molar-refractivity contribution in [3.8, 4) is 11.1 Å². The summed E-state index contributed by atoms with van der Waals surface area (Å²) in [4.78, 5) is 0. The normalized spacial score (nSPS) is 13.4. The molecule has 0 bridgehead atoms. The molecule has 2 rings (SSSR count). The van der Waals surface area contributed by atoms with Gasteiger partial charge >= 0.3 is 0 Å². The topological polar surface area (TPSA) is 106 Å². The largest absolute Gasteiger partial charge is 0.324 e. The number of sulfone groups is 1. The fraction of sp³-hybridized carbons (Fsp3) is 0.333. The van der Waals surface area contributed by atoms with E-state index in [4.69, 9.17) is 17.3 Å².